The fraction of sp³-hybridized carbons (Fsp3) is 0.337. The minimum atomic E-state index is -0.0616. The van der Waals surface area contributed by atoms with E-state index in [1.165, 1.54) is 27.6 Å². The van der Waals surface area contributed by atoms with Gasteiger partial charge in [0, 0.05) is 146 Å². The average molecular weight is 1530 g/mol. The number of fused-ring (bicyclic) bond motifs is 1. The summed E-state index contributed by atoms with van der Waals surface area (Å²) in [4.78, 5) is 70.6. The van der Waals surface area contributed by atoms with Gasteiger partial charge < -0.3 is 35.2 Å². The van der Waals surface area contributed by atoms with E-state index in [0.29, 0.717) is 34.7 Å². The number of benzene rings is 6. The maximum Gasteiger partial charge on any atom is 0.255 e. The first kappa shape index (κ1) is 77.8. The van der Waals surface area contributed by atoms with Crippen molar-refractivity contribution in [1.82, 2.24) is 64.8 Å². The van der Waals surface area contributed by atoms with Crippen molar-refractivity contribution >= 4 is 61.8 Å². The summed E-state index contributed by atoms with van der Waals surface area (Å²) < 4.78 is 0.774. The molecule has 550 valence electrons. The predicted molar refractivity (Wildman–Crippen MR) is 429 cm³/mol. The number of nitrogens with zero attached hydrogens (tertiary/aromatic N) is 11. The van der Waals surface area contributed by atoms with Crippen molar-refractivity contribution < 1.29 is 19.8 Å². The Balaban J connectivity index is 0.000000159. The Kier molecular flexibility index (Phi) is 28.1. The average Bonchev–Trinajstić information content (AvgIpc) is 1.01. The van der Waals surface area contributed by atoms with Crippen LogP contribution in [0.4, 0.5) is 0 Å². The SMILES string of the molecule is CC(C)N(Cc1cccc(-c2ccnc(CCCc3ccc(O)c(Cl)c3)n2)c1)C(=O)C1CCN(C)CC1.CC(C)N(Cc1cccc(-c2ccnc(CCCc3ccc(O)c(Cl)c3)n2)c1)C(=O)c1cncc(Br)c1.C[C@H]1CNCCN1Cc1cccc(-c2ccnc(CCCc3ccc4[nH]ccc4c3)n2)c1. The van der Waals surface area contributed by atoms with Gasteiger partial charge in [0.2, 0.25) is 5.91 Å². The van der Waals surface area contributed by atoms with Gasteiger partial charge in [-0.2, -0.15) is 0 Å². The van der Waals surface area contributed by atoms with Crippen LogP contribution in [0.25, 0.3) is 44.7 Å². The van der Waals surface area contributed by atoms with E-state index in [1.54, 1.807) is 48.9 Å². The minimum absolute atomic E-state index is 0.0178. The number of aromatic amines is 1. The number of pyridine rings is 1. The Labute approximate surface area is 642 Å². The second kappa shape index (κ2) is 38.3. The predicted octanol–water partition coefficient (Wildman–Crippen LogP) is 17.2. The van der Waals surface area contributed by atoms with Crippen LogP contribution in [0.15, 0.2) is 199 Å². The fourth-order valence-corrected chi connectivity index (χ4v) is 14.3. The number of hydrogen-bond donors (Lipinski definition) is 4. The van der Waals surface area contributed by atoms with E-state index in [9.17, 15) is 19.8 Å². The van der Waals surface area contributed by atoms with Crippen LogP contribution in [0.2, 0.25) is 10.0 Å². The molecule has 0 unspecified atom stereocenters. The first-order chi connectivity index (χ1) is 51.3. The van der Waals surface area contributed by atoms with Crippen LogP contribution in [0.5, 0.6) is 11.5 Å². The molecular weight excluding hydrogens is 1430 g/mol. The van der Waals surface area contributed by atoms with Crippen molar-refractivity contribution in [2.45, 2.75) is 143 Å². The Morgan fingerprint density at radius 3 is 1.56 bits per heavy atom. The Bertz CT molecular complexity index is 4720. The molecule has 2 aliphatic heterocycles. The number of amides is 2. The summed E-state index contributed by atoms with van der Waals surface area (Å²) in [5.41, 5.74) is 14.6. The molecule has 20 heteroatoms. The van der Waals surface area contributed by atoms with Gasteiger partial charge in [-0.05, 0) is 246 Å². The highest BCUT2D eigenvalue weighted by atomic mass is 79.9. The molecule has 5 aromatic heterocycles. The second-order valence-corrected chi connectivity index (χ2v) is 30.0. The van der Waals surface area contributed by atoms with Gasteiger partial charge in [0.1, 0.15) is 29.0 Å². The van der Waals surface area contributed by atoms with E-state index >= 15 is 0 Å². The molecule has 6 aromatic carbocycles. The summed E-state index contributed by atoms with van der Waals surface area (Å²) in [5, 5.41) is 24.7. The summed E-state index contributed by atoms with van der Waals surface area (Å²) >= 11 is 15.4. The standard InChI is InChI=1S/C30H37ClN4O2.C29H28BrClN4O2.C27H31N5/c1-21(2)35(30(37)24-13-16-34(3)17-14-24)20-23-7-4-8-25(18-23)27-12-15-32-29(33-27)9-5-6-22-10-11-28(36)26(31)19-22;1-19(2)35(29(37)23-15-24(30)17-32-16-23)18-21-6-3-7-22(13-21)26-11-12-33-28(34-26)8-4-5-20-9-10-27(36)25(31)14-20;1-20-18-28-14-15-32(20)19-22-5-2-6-23(17-22)26-11-13-30-27(31-26)7-3-4-21-8-9-25-24(16-21)10-12-29-25/h4,7-8,10-12,15,18-19,21,24,36H,5-6,9,13-14,16-17,20H2,1-3H3;3,6-7,9-17,19,36H,4-5,8,18H2,1-2H3;2,5-6,8-13,16-17,20,28-29H,3-4,7,14-15,18-19H2,1H3/t;;20-/m..0/s1. The third-order valence-corrected chi connectivity index (χ3v) is 20.6. The number of likely N-dealkylation sites (tertiary alicyclic amines) is 1. The monoisotopic (exact) mass is 1520 g/mol. The van der Waals surface area contributed by atoms with Crippen LogP contribution in [0, 0.1) is 5.92 Å². The van der Waals surface area contributed by atoms with Crippen LogP contribution < -0.4 is 5.32 Å². The van der Waals surface area contributed by atoms with E-state index in [-0.39, 0.29) is 41.3 Å². The van der Waals surface area contributed by atoms with Crippen LogP contribution in [0.3, 0.4) is 0 Å². The largest absolute Gasteiger partial charge is 0.506 e. The number of nitrogens with one attached hydrogen (secondary N) is 2. The van der Waals surface area contributed by atoms with Gasteiger partial charge in [0.05, 0.1) is 32.7 Å². The number of carbonyl (C=O) groups is 2. The zero-order valence-electron chi connectivity index (χ0n) is 61.5. The van der Waals surface area contributed by atoms with Gasteiger partial charge >= 0.3 is 0 Å². The van der Waals surface area contributed by atoms with Gasteiger partial charge in [-0.3, -0.25) is 19.5 Å². The maximum atomic E-state index is 13.4. The van der Waals surface area contributed by atoms with Crippen LogP contribution in [0.1, 0.15) is 128 Å². The third kappa shape index (κ3) is 22.4. The number of rotatable bonds is 25. The van der Waals surface area contributed by atoms with Crippen molar-refractivity contribution in [3.63, 3.8) is 0 Å². The molecule has 17 nitrogen and oxygen atoms in total. The molecule has 13 rings (SSSR count). The molecule has 11 aromatic rings. The number of phenolic OH excluding ortho intramolecular Hbond substituents is 2. The number of aromatic hydroxyl groups is 2. The molecule has 0 spiro atoms. The molecule has 0 saturated carbocycles. The van der Waals surface area contributed by atoms with E-state index in [2.05, 4.69) is 157 Å². The number of H-pyrrole nitrogens is 1. The Hall–Kier alpha value is -9.27. The number of piperazine rings is 1. The van der Waals surface area contributed by atoms with Crippen LogP contribution in [-0.2, 0) is 63.0 Å². The molecule has 0 radical (unpaired) electrons. The number of halogens is 3. The van der Waals surface area contributed by atoms with Gasteiger partial charge in [-0.15, -0.1) is 0 Å². The van der Waals surface area contributed by atoms with Crippen LogP contribution in [-0.4, -0.2) is 139 Å². The van der Waals surface area contributed by atoms with E-state index in [1.807, 2.05) is 96.8 Å². The normalized spacial score (nSPS) is 14.2. The zero-order valence-corrected chi connectivity index (χ0v) is 64.6. The topological polar surface area (TPSA) is 206 Å². The van der Waals surface area contributed by atoms with Gasteiger partial charge in [0.25, 0.3) is 5.91 Å². The molecule has 4 N–H and O–H groups in total. The molecule has 0 bridgehead atoms. The number of aromatic nitrogens is 8. The molecule has 2 aliphatic rings. The lowest BCUT2D eigenvalue weighted by Crippen LogP contribution is -2.49. The van der Waals surface area contributed by atoms with Crippen molar-refractivity contribution in [2.75, 3.05) is 39.8 Å². The van der Waals surface area contributed by atoms with Gasteiger partial charge in [-0.25, -0.2) is 29.9 Å². The number of carbonyl (C=O) groups excluding carboxylic acids is 2. The molecule has 106 heavy (non-hydrogen) atoms. The van der Waals surface area contributed by atoms with Crippen molar-refractivity contribution in [3.05, 3.63) is 266 Å². The third-order valence-electron chi connectivity index (χ3n) is 19.6. The maximum absolute atomic E-state index is 13.4. The number of phenols is 2. The lowest BCUT2D eigenvalue weighted by molar-refractivity contribution is -0.139. The minimum Gasteiger partial charge on any atom is -0.506 e. The lowest BCUT2D eigenvalue weighted by Gasteiger charge is -2.34. The van der Waals surface area contributed by atoms with E-state index in [0.717, 1.165) is 182 Å². The molecule has 2 fully saturated rings. The molecule has 2 amide bonds. The molecule has 7 heterocycles. The number of aryl methyl sites for hydroxylation is 6. The molecule has 2 saturated heterocycles. The zero-order chi connectivity index (χ0) is 74.5. The summed E-state index contributed by atoms with van der Waals surface area (Å²) in [7, 11) is 2.12. The van der Waals surface area contributed by atoms with Gasteiger partial charge in [0.15, 0.2) is 0 Å². The highest BCUT2D eigenvalue weighted by Crippen LogP contribution is 2.30. The molecular formula is C86H96BrCl2N13O4. The summed E-state index contributed by atoms with van der Waals surface area (Å²) in [6.07, 6.45) is 20.4. The Morgan fingerprint density at radius 1 is 0.566 bits per heavy atom. The fourth-order valence-electron chi connectivity index (χ4n) is 13.5. The van der Waals surface area contributed by atoms with Crippen molar-refractivity contribution in [2.24, 2.45) is 5.92 Å². The summed E-state index contributed by atoms with van der Waals surface area (Å²) in [6, 6.07) is 53.0. The quantitative estimate of drug-likeness (QED) is 0.0420. The second-order valence-electron chi connectivity index (χ2n) is 28.3. The smallest absolute Gasteiger partial charge is 0.255 e. The Morgan fingerprint density at radius 2 is 1.06 bits per heavy atom. The van der Waals surface area contributed by atoms with Gasteiger partial charge in [-0.1, -0.05) is 96.0 Å². The summed E-state index contributed by atoms with van der Waals surface area (Å²) in [6.45, 7) is 17.8. The van der Waals surface area contributed by atoms with E-state index < -0.39 is 0 Å². The highest BCUT2D eigenvalue weighted by Gasteiger charge is 2.29. The first-order valence-corrected chi connectivity index (χ1v) is 38.5. The van der Waals surface area contributed by atoms with E-state index in [4.69, 9.17) is 38.2 Å². The first-order valence-electron chi connectivity index (χ1n) is 36.9. The molecule has 1 atom stereocenters. The number of hydrogen-bond acceptors (Lipinski definition) is 14. The number of piperidine rings is 1. The highest BCUT2D eigenvalue weighted by molar-refractivity contribution is 9.10. The van der Waals surface area contributed by atoms with Crippen molar-refractivity contribution in [1.29, 1.82) is 0 Å². The van der Waals surface area contributed by atoms with Crippen LogP contribution >= 0.6 is 39.1 Å². The lowest BCUT2D eigenvalue weighted by atomic mass is 9.94. The van der Waals surface area contributed by atoms with Crippen molar-refractivity contribution in [3.8, 4) is 45.3 Å². The summed E-state index contributed by atoms with van der Waals surface area (Å²) in [5.74, 6) is 3.01. The molecule has 0 aliphatic carbocycles.